The van der Waals surface area contributed by atoms with Crippen LogP contribution in [0.1, 0.15) is 46.0 Å². The van der Waals surface area contributed by atoms with Crippen molar-refractivity contribution >= 4 is 0 Å². The summed E-state index contributed by atoms with van der Waals surface area (Å²) in [6.07, 6.45) is -3.52. The van der Waals surface area contributed by atoms with Gasteiger partial charge in [-0.3, -0.25) is 0 Å². The van der Waals surface area contributed by atoms with E-state index in [2.05, 4.69) is 0 Å². The topological polar surface area (TPSA) is 68.2 Å². The lowest BCUT2D eigenvalue weighted by atomic mass is 9.61. The predicted octanol–water partition coefficient (Wildman–Crippen LogP) is 2.55. The highest BCUT2D eigenvalue weighted by molar-refractivity contribution is 5.05. The van der Waals surface area contributed by atoms with Crippen LogP contribution in [0, 0.1) is 17.8 Å². The van der Waals surface area contributed by atoms with Gasteiger partial charge in [0.05, 0.1) is 0 Å². The minimum atomic E-state index is -4.46. The number of ether oxygens (including phenoxy) is 3. The maximum atomic E-state index is 12.5. The standard InChI is InChI=1S/C16H25F3O5/c1-9-11-5-3-4-10-6-7-14(2,20)24-13(16(10,11)21)23-12(9)22-8-15(17,18)19/h9-13,20-21H,3-8H2,1-2H3. The Morgan fingerprint density at radius 1 is 1.21 bits per heavy atom. The molecule has 3 rings (SSSR count). The largest absolute Gasteiger partial charge is 0.411 e. The molecular formula is C16H25F3O5. The zero-order valence-electron chi connectivity index (χ0n) is 13.9. The van der Waals surface area contributed by atoms with Crippen molar-refractivity contribution in [2.24, 2.45) is 17.8 Å². The molecule has 7 atom stereocenters. The SMILES string of the molecule is CC1C(OCC(F)(F)F)OC2OC(C)(O)CCC3CCCC1C32O. The fraction of sp³-hybridized carbons (Fsp3) is 1.00. The van der Waals surface area contributed by atoms with Crippen LogP contribution in [0.25, 0.3) is 0 Å². The lowest BCUT2D eigenvalue weighted by Crippen LogP contribution is -2.65. The molecule has 0 radical (unpaired) electrons. The van der Waals surface area contributed by atoms with Crippen LogP contribution in [-0.2, 0) is 14.2 Å². The summed E-state index contributed by atoms with van der Waals surface area (Å²) in [5, 5.41) is 21.7. The van der Waals surface area contributed by atoms with Crippen molar-refractivity contribution in [1.82, 2.24) is 0 Å². The molecule has 2 N–H and O–H groups in total. The highest BCUT2D eigenvalue weighted by Crippen LogP contribution is 2.54. The van der Waals surface area contributed by atoms with Crippen LogP contribution in [0.5, 0.6) is 0 Å². The lowest BCUT2D eigenvalue weighted by Gasteiger charge is -2.55. The van der Waals surface area contributed by atoms with Gasteiger partial charge in [0.15, 0.2) is 18.4 Å². The van der Waals surface area contributed by atoms with E-state index in [0.717, 1.165) is 12.8 Å². The van der Waals surface area contributed by atoms with Crippen molar-refractivity contribution in [2.75, 3.05) is 6.61 Å². The minimum absolute atomic E-state index is 0.110. The second-order valence-electron chi connectivity index (χ2n) is 7.57. The molecule has 24 heavy (non-hydrogen) atoms. The number of alkyl halides is 3. The zero-order valence-corrected chi connectivity index (χ0v) is 13.9. The van der Waals surface area contributed by atoms with Crippen molar-refractivity contribution in [1.29, 1.82) is 0 Å². The van der Waals surface area contributed by atoms with Gasteiger partial charge < -0.3 is 24.4 Å². The van der Waals surface area contributed by atoms with Gasteiger partial charge in [0.1, 0.15) is 12.2 Å². The molecule has 2 heterocycles. The summed E-state index contributed by atoms with van der Waals surface area (Å²) in [5.41, 5.74) is -1.31. The van der Waals surface area contributed by atoms with E-state index in [1.165, 1.54) is 6.92 Å². The zero-order chi connectivity index (χ0) is 17.8. The molecule has 0 aromatic heterocycles. The van der Waals surface area contributed by atoms with Gasteiger partial charge >= 0.3 is 6.18 Å². The fourth-order valence-corrected chi connectivity index (χ4v) is 4.54. The summed E-state index contributed by atoms with van der Waals surface area (Å²) in [4.78, 5) is 0. The quantitative estimate of drug-likeness (QED) is 0.798. The predicted molar refractivity (Wildman–Crippen MR) is 76.6 cm³/mol. The normalized spacial score (nSPS) is 49.4. The highest BCUT2D eigenvalue weighted by Gasteiger charge is 2.62. The molecule has 0 aromatic rings. The molecule has 2 saturated heterocycles. The van der Waals surface area contributed by atoms with E-state index in [1.807, 2.05) is 0 Å². The van der Waals surface area contributed by atoms with E-state index in [-0.39, 0.29) is 11.8 Å². The Morgan fingerprint density at radius 2 is 1.92 bits per heavy atom. The molecule has 3 fully saturated rings. The Labute approximate surface area is 139 Å². The molecular weight excluding hydrogens is 329 g/mol. The lowest BCUT2D eigenvalue weighted by molar-refractivity contribution is -0.410. The first-order valence-corrected chi connectivity index (χ1v) is 8.49. The van der Waals surface area contributed by atoms with Crippen molar-refractivity contribution in [2.45, 2.75) is 76.1 Å². The summed E-state index contributed by atoms with van der Waals surface area (Å²) >= 11 is 0. The van der Waals surface area contributed by atoms with E-state index in [0.29, 0.717) is 19.3 Å². The van der Waals surface area contributed by atoms with Crippen molar-refractivity contribution in [3.05, 3.63) is 0 Å². The fourth-order valence-electron chi connectivity index (χ4n) is 4.54. The summed E-state index contributed by atoms with van der Waals surface area (Å²) in [6.45, 7) is 1.81. The molecule has 140 valence electrons. The Kier molecular flexibility index (Phi) is 4.66. The van der Waals surface area contributed by atoms with Crippen LogP contribution >= 0.6 is 0 Å². The van der Waals surface area contributed by atoms with E-state index in [1.54, 1.807) is 6.92 Å². The molecule has 5 nitrogen and oxygen atoms in total. The van der Waals surface area contributed by atoms with Crippen LogP contribution in [0.3, 0.4) is 0 Å². The van der Waals surface area contributed by atoms with E-state index < -0.39 is 42.7 Å². The number of hydrogen-bond donors (Lipinski definition) is 2. The molecule has 7 unspecified atom stereocenters. The third kappa shape index (κ3) is 3.31. The molecule has 1 saturated carbocycles. The van der Waals surface area contributed by atoms with Gasteiger partial charge in [-0.2, -0.15) is 13.2 Å². The van der Waals surface area contributed by atoms with E-state index in [4.69, 9.17) is 14.2 Å². The van der Waals surface area contributed by atoms with Crippen LogP contribution in [0.2, 0.25) is 0 Å². The van der Waals surface area contributed by atoms with Gasteiger partial charge in [-0.15, -0.1) is 0 Å². The Balaban J connectivity index is 1.86. The molecule has 2 aliphatic heterocycles. The van der Waals surface area contributed by atoms with E-state index in [9.17, 15) is 23.4 Å². The maximum Gasteiger partial charge on any atom is 0.411 e. The second kappa shape index (κ2) is 6.09. The molecule has 8 heteroatoms. The van der Waals surface area contributed by atoms with Gasteiger partial charge in [0.25, 0.3) is 0 Å². The minimum Gasteiger partial charge on any atom is -0.384 e. The number of hydrogen-bond acceptors (Lipinski definition) is 5. The van der Waals surface area contributed by atoms with Crippen LogP contribution in [0.15, 0.2) is 0 Å². The monoisotopic (exact) mass is 354 g/mol. The van der Waals surface area contributed by atoms with Gasteiger partial charge in [0, 0.05) is 18.3 Å². The summed E-state index contributed by atoms with van der Waals surface area (Å²) in [7, 11) is 0. The number of aliphatic hydroxyl groups is 2. The second-order valence-corrected chi connectivity index (χ2v) is 7.57. The first-order valence-electron chi connectivity index (χ1n) is 8.49. The van der Waals surface area contributed by atoms with Crippen molar-refractivity contribution in [3.8, 4) is 0 Å². The molecule has 0 bridgehead atoms. The third-order valence-corrected chi connectivity index (χ3v) is 5.74. The maximum absolute atomic E-state index is 12.5. The third-order valence-electron chi connectivity index (χ3n) is 5.74. The Bertz CT molecular complexity index is 469. The molecule has 0 spiro atoms. The summed E-state index contributed by atoms with van der Waals surface area (Å²) in [6, 6.07) is 0. The first kappa shape index (κ1) is 18.4. The van der Waals surface area contributed by atoms with Gasteiger partial charge in [0.2, 0.25) is 0 Å². The molecule has 0 amide bonds. The van der Waals surface area contributed by atoms with Gasteiger partial charge in [-0.25, -0.2) is 0 Å². The van der Waals surface area contributed by atoms with Crippen molar-refractivity contribution < 1.29 is 37.6 Å². The summed E-state index contributed by atoms with van der Waals surface area (Å²) in [5.74, 6) is -2.29. The average molecular weight is 354 g/mol. The van der Waals surface area contributed by atoms with Crippen molar-refractivity contribution in [3.63, 3.8) is 0 Å². The van der Waals surface area contributed by atoms with Crippen LogP contribution in [0.4, 0.5) is 13.2 Å². The number of rotatable bonds is 2. The Hall–Kier alpha value is -0.410. The van der Waals surface area contributed by atoms with Crippen LogP contribution < -0.4 is 0 Å². The highest BCUT2D eigenvalue weighted by atomic mass is 19.4. The van der Waals surface area contributed by atoms with E-state index >= 15 is 0 Å². The molecule has 1 aliphatic carbocycles. The van der Waals surface area contributed by atoms with Crippen LogP contribution in [-0.4, -0.2) is 47.0 Å². The first-order chi connectivity index (χ1) is 11.0. The smallest absolute Gasteiger partial charge is 0.384 e. The molecule has 3 aliphatic rings. The molecule has 0 aromatic carbocycles. The Morgan fingerprint density at radius 3 is 2.58 bits per heavy atom. The number of halogens is 3. The summed E-state index contributed by atoms with van der Waals surface area (Å²) < 4.78 is 53.6. The average Bonchev–Trinajstić information content (AvgIpc) is 2.55. The van der Waals surface area contributed by atoms with Gasteiger partial charge in [-0.1, -0.05) is 13.3 Å². The van der Waals surface area contributed by atoms with Gasteiger partial charge in [-0.05, 0) is 32.1 Å².